The summed E-state index contributed by atoms with van der Waals surface area (Å²) in [5.74, 6) is -0.819. The van der Waals surface area contributed by atoms with Crippen LogP contribution in [0.25, 0.3) is 10.9 Å². The molecule has 0 fully saturated rings. The highest BCUT2D eigenvalue weighted by molar-refractivity contribution is 5.99. The van der Waals surface area contributed by atoms with Gasteiger partial charge >= 0.3 is 5.69 Å². The molecule has 0 atom stereocenters. The second-order valence-electron chi connectivity index (χ2n) is 5.35. The predicted octanol–water partition coefficient (Wildman–Crippen LogP) is -0.409. The summed E-state index contributed by atoms with van der Waals surface area (Å²) < 4.78 is 0. The van der Waals surface area contributed by atoms with E-state index in [0.717, 1.165) is 10.9 Å². The molecule has 0 aliphatic heterocycles. The second kappa shape index (κ2) is 6.87. The molecule has 9 nitrogen and oxygen atoms in total. The van der Waals surface area contributed by atoms with E-state index in [4.69, 9.17) is 0 Å². The highest BCUT2D eigenvalue weighted by Gasteiger charge is 2.09. The van der Waals surface area contributed by atoms with Crippen molar-refractivity contribution in [3.63, 3.8) is 0 Å². The fourth-order valence-electron chi connectivity index (χ4n) is 2.33. The van der Waals surface area contributed by atoms with Crippen molar-refractivity contribution in [2.24, 2.45) is 0 Å². The van der Waals surface area contributed by atoms with Crippen LogP contribution in [0.4, 0.5) is 0 Å². The number of hydrogen-bond donors (Lipinski definition) is 5. The number of hydrogen-bond acceptors (Lipinski definition) is 4. The quantitative estimate of drug-likeness (QED) is 0.430. The van der Waals surface area contributed by atoms with E-state index in [2.05, 4.69) is 20.6 Å². The first-order valence-electron chi connectivity index (χ1n) is 7.46. The van der Waals surface area contributed by atoms with E-state index in [9.17, 15) is 19.2 Å². The zero-order valence-corrected chi connectivity index (χ0v) is 13.0. The van der Waals surface area contributed by atoms with Crippen LogP contribution >= 0.6 is 0 Å². The van der Waals surface area contributed by atoms with Gasteiger partial charge in [0.05, 0.1) is 13.1 Å². The number of fused-ring (bicyclic) bond motifs is 1. The molecule has 0 radical (unpaired) electrons. The van der Waals surface area contributed by atoms with Crippen LogP contribution in [0.2, 0.25) is 0 Å². The van der Waals surface area contributed by atoms with E-state index < -0.39 is 17.2 Å². The summed E-state index contributed by atoms with van der Waals surface area (Å²) in [6.45, 7) is -0.249. The number of nitrogens with one attached hydrogen (secondary N) is 5. The Bertz CT molecular complexity index is 1020. The lowest BCUT2D eigenvalue weighted by molar-refractivity contribution is -0.120. The van der Waals surface area contributed by atoms with Gasteiger partial charge in [0.25, 0.3) is 11.5 Å². The summed E-state index contributed by atoms with van der Waals surface area (Å²) >= 11 is 0. The van der Waals surface area contributed by atoms with E-state index in [0.29, 0.717) is 5.56 Å². The number of amides is 2. The standard InChI is InChI=1S/C16H15N5O4/c22-13-6-11(20-16(25)21-13)7-18-14(23)8-19-15(24)10-1-2-12-9(5-10)3-4-17-12/h1-6,17H,7-8H2,(H,18,23)(H,19,24)(H2,20,21,22,25). The maximum atomic E-state index is 12.1. The molecule has 2 aromatic heterocycles. The molecule has 2 amide bonds. The Balaban J connectivity index is 1.53. The van der Waals surface area contributed by atoms with Crippen LogP contribution in [0, 0.1) is 0 Å². The summed E-state index contributed by atoms with van der Waals surface area (Å²) in [6, 6.07) is 8.19. The molecule has 5 N–H and O–H groups in total. The smallest absolute Gasteiger partial charge is 0.325 e. The lowest BCUT2D eigenvalue weighted by Gasteiger charge is -2.07. The fourth-order valence-corrected chi connectivity index (χ4v) is 2.33. The maximum absolute atomic E-state index is 12.1. The van der Waals surface area contributed by atoms with Gasteiger partial charge in [-0.15, -0.1) is 0 Å². The van der Waals surface area contributed by atoms with Gasteiger partial charge in [0, 0.05) is 34.4 Å². The monoisotopic (exact) mass is 341 g/mol. The molecule has 2 heterocycles. The maximum Gasteiger partial charge on any atom is 0.325 e. The molecule has 0 unspecified atom stereocenters. The molecule has 9 heteroatoms. The molecule has 0 bridgehead atoms. The summed E-state index contributed by atoms with van der Waals surface area (Å²) in [4.78, 5) is 53.6. The number of carbonyl (C=O) groups is 2. The van der Waals surface area contributed by atoms with Crippen molar-refractivity contribution in [2.75, 3.05) is 6.54 Å². The average Bonchev–Trinajstić information content (AvgIpc) is 3.04. The van der Waals surface area contributed by atoms with Crippen LogP contribution in [0.15, 0.2) is 46.1 Å². The van der Waals surface area contributed by atoms with Crippen molar-refractivity contribution >= 4 is 22.7 Å². The molecule has 0 aliphatic rings. The molecule has 0 spiro atoms. The Hall–Kier alpha value is -3.62. The number of aromatic nitrogens is 3. The van der Waals surface area contributed by atoms with Crippen molar-refractivity contribution in [3.8, 4) is 0 Å². The number of rotatable bonds is 5. The third-order valence-corrected chi connectivity index (χ3v) is 3.52. The van der Waals surface area contributed by atoms with Crippen LogP contribution in [-0.2, 0) is 11.3 Å². The highest BCUT2D eigenvalue weighted by atomic mass is 16.2. The molecule has 3 aromatic rings. The topological polar surface area (TPSA) is 140 Å². The minimum Gasteiger partial charge on any atom is -0.361 e. The first-order valence-corrected chi connectivity index (χ1v) is 7.46. The zero-order chi connectivity index (χ0) is 17.8. The predicted molar refractivity (Wildman–Crippen MR) is 90.2 cm³/mol. The Morgan fingerprint density at radius 1 is 1.00 bits per heavy atom. The van der Waals surface area contributed by atoms with Crippen molar-refractivity contribution in [2.45, 2.75) is 6.54 Å². The average molecular weight is 341 g/mol. The third kappa shape index (κ3) is 4.02. The summed E-state index contributed by atoms with van der Waals surface area (Å²) in [5, 5.41) is 5.92. The zero-order valence-electron chi connectivity index (χ0n) is 13.0. The van der Waals surface area contributed by atoms with E-state index in [-0.39, 0.29) is 24.7 Å². The number of carbonyl (C=O) groups excluding carboxylic acids is 2. The van der Waals surface area contributed by atoms with Crippen LogP contribution in [0.3, 0.4) is 0 Å². The van der Waals surface area contributed by atoms with Crippen LogP contribution in [0.1, 0.15) is 16.1 Å². The Kier molecular flexibility index (Phi) is 4.46. The second-order valence-corrected chi connectivity index (χ2v) is 5.35. The lowest BCUT2D eigenvalue weighted by atomic mass is 10.1. The summed E-state index contributed by atoms with van der Waals surface area (Å²) in [7, 11) is 0. The minimum absolute atomic E-state index is 0.0246. The molecule has 0 aliphatic carbocycles. The number of H-pyrrole nitrogens is 3. The number of benzene rings is 1. The summed E-state index contributed by atoms with van der Waals surface area (Å²) in [6.07, 6.45) is 1.78. The normalized spacial score (nSPS) is 10.6. The Morgan fingerprint density at radius 2 is 1.84 bits per heavy atom. The van der Waals surface area contributed by atoms with Gasteiger partial charge in [-0.25, -0.2) is 4.79 Å². The van der Waals surface area contributed by atoms with E-state index >= 15 is 0 Å². The van der Waals surface area contributed by atoms with Gasteiger partial charge < -0.3 is 20.6 Å². The van der Waals surface area contributed by atoms with E-state index in [1.54, 1.807) is 24.4 Å². The molecule has 0 saturated heterocycles. The van der Waals surface area contributed by atoms with Gasteiger partial charge in [-0.1, -0.05) is 0 Å². The molecular weight excluding hydrogens is 326 g/mol. The van der Waals surface area contributed by atoms with Gasteiger partial charge in [0.15, 0.2) is 0 Å². The van der Waals surface area contributed by atoms with Crippen molar-refractivity contribution < 1.29 is 9.59 Å². The van der Waals surface area contributed by atoms with Gasteiger partial charge in [-0.2, -0.15) is 0 Å². The molecule has 25 heavy (non-hydrogen) atoms. The largest absolute Gasteiger partial charge is 0.361 e. The number of aromatic amines is 3. The van der Waals surface area contributed by atoms with Crippen LogP contribution < -0.4 is 21.9 Å². The van der Waals surface area contributed by atoms with Gasteiger partial charge in [-0.05, 0) is 24.3 Å². The third-order valence-electron chi connectivity index (χ3n) is 3.52. The fraction of sp³-hybridized carbons (Fsp3) is 0.125. The highest BCUT2D eigenvalue weighted by Crippen LogP contribution is 2.13. The van der Waals surface area contributed by atoms with Gasteiger partial charge in [0.1, 0.15) is 0 Å². The molecule has 128 valence electrons. The molecule has 1 aromatic carbocycles. The van der Waals surface area contributed by atoms with Gasteiger partial charge in [-0.3, -0.25) is 19.4 Å². The Morgan fingerprint density at radius 3 is 2.64 bits per heavy atom. The SMILES string of the molecule is O=C(CNC(=O)c1ccc2[nH]ccc2c1)NCc1cc(=O)[nH]c(=O)[nH]1. The van der Waals surface area contributed by atoms with E-state index in [1.807, 2.05) is 11.1 Å². The first-order chi connectivity index (χ1) is 12.0. The van der Waals surface area contributed by atoms with Crippen LogP contribution in [0.5, 0.6) is 0 Å². The van der Waals surface area contributed by atoms with Crippen molar-refractivity contribution in [1.82, 2.24) is 25.6 Å². The van der Waals surface area contributed by atoms with Gasteiger partial charge in [0.2, 0.25) is 5.91 Å². The van der Waals surface area contributed by atoms with Crippen LogP contribution in [-0.4, -0.2) is 33.3 Å². The van der Waals surface area contributed by atoms with Crippen molar-refractivity contribution in [3.05, 3.63) is 68.6 Å². The molecule has 0 saturated carbocycles. The Labute approximate surface area is 140 Å². The molecular formula is C16H15N5O4. The minimum atomic E-state index is -0.648. The van der Waals surface area contributed by atoms with Crippen molar-refractivity contribution in [1.29, 1.82) is 0 Å². The first kappa shape index (κ1) is 16.2. The lowest BCUT2D eigenvalue weighted by Crippen LogP contribution is -2.37. The van der Waals surface area contributed by atoms with E-state index in [1.165, 1.54) is 6.07 Å². The summed E-state index contributed by atoms with van der Waals surface area (Å²) in [5.41, 5.74) is 0.429. The molecule has 3 rings (SSSR count).